The van der Waals surface area contributed by atoms with E-state index in [1.807, 2.05) is 45.0 Å². The summed E-state index contributed by atoms with van der Waals surface area (Å²) in [6, 6.07) is 7.80. The zero-order valence-corrected chi connectivity index (χ0v) is 12.1. The van der Waals surface area contributed by atoms with E-state index in [1.54, 1.807) is 0 Å². The summed E-state index contributed by atoms with van der Waals surface area (Å²) in [6.45, 7) is 10.0. The van der Waals surface area contributed by atoms with E-state index in [2.05, 4.69) is 13.8 Å². The van der Waals surface area contributed by atoms with Gasteiger partial charge in [0, 0.05) is 0 Å². The number of rotatable bonds is 4. The highest BCUT2D eigenvalue weighted by atomic mass is 16.6. The van der Waals surface area contributed by atoms with Crippen LogP contribution >= 0.6 is 0 Å². The third-order valence-corrected chi connectivity index (χ3v) is 3.00. The van der Waals surface area contributed by atoms with Crippen LogP contribution in [0, 0.1) is 0 Å². The number of carbonyl (C=O) groups excluding carboxylic acids is 1. The van der Waals surface area contributed by atoms with Crippen LogP contribution < -0.4 is 0 Å². The Bertz CT molecular complexity index is 381. The monoisotopic (exact) mass is 248 g/mol. The van der Waals surface area contributed by atoms with Crippen molar-refractivity contribution < 1.29 is 9.53 Å². The zero-order valence-electron chi connectivity index (χ0n) is 12.1. The Morgan fingerprint density at radius 1 is 1.11 bits per heavy atom. The second-order valence-corrected chi connectivity index (χ2v) is 5.64. The normalized spacial score (nSPS) is 11.7. The Labute approximate surface area is 110 Å². The maximum Gasteiger partial charge on any atom is 0.338 e. The molecule has 0 bridgehead atoms. The fourth-order valence-corrected chi connectivity index (χ4v) is 1.99. The van der Waals surface area contributed by atoms with Crippen LogP contribution in [0.15, 0.2) is 24.3 Å². The Balaban J connectivity index is 2.79. The molecule has 0 N–H and O–H groups in total. The van der Waals surface area contributed by atoms with Gasteiger partial charge in [0.05, 0.1) is 5.56 Å². The first kappa shape index (κ1) is 14.7. The SMILES string of the molecule is CCC(CC)c1ccc(C(=O)OC(C)(C)C)cc1. The first-order valence-corrected chi connectivity index (χ1v) is 6.70. The fourth-order valence-electron chi connectivity index (χ4n) is 1.99. The Kier molecular flexibility index (Phi) is 4.94. The summed E-state index contributed by atoms with van der Waals surface area (Å²) in [5.41, 5.74) is 1.48. The summed E-state index contributed by atoms with van der Waals surface area (Å²) in [6.07, 6.45) is 2.25. The van der Waals surface area contributed by atoms with Gasteiger partial charge < -0.3 is 4.74 Å². The minimum absolute atomic E-state index is 0.251. The van der Waals surface area contributed by atoms with Crippen molar-refractivity contribution in [1.29, 1.82) is 0 Å². The summed E-state index contributed by atoms with van der Waals surface area (Å²) in [5.74, 6) is 0.330. The standard InChI is InChI=1S/C16H24O2/c1-6-12(7-2)13-8-10-14(11-9-13)15(17)18-16(3,4)5/h8-12H,6-7H2,1-5H3. The molecule has 0 aliphatic carbocycles. The second kappa shape index (κ2) is 6.03. The second-order valence-electron chi connectivity index (χ2n) is 5.64. The fraction of sp³-hybridized carbons (Fsp3) is 0.562. The van der Waals surface area contributed by atoms with Crippen molar-refractivity contribution in [1.82, 2.24) is 0 Å². The number of hydrogen-bond donors (Lipinski definition) is 0. The van der Waals surface area contributed by atoms with Gasteiger partial charge in [0.2, 0.25) is 0 Å². The molecule has 2 nitrogen and oxygen atoms in total. The van der Waals surface area contributed by atoms with Crippen molar-refractivity contribution >= 4 is 5.97 Å². The summed E-state index contributed by atoms with van der Waals surface area (Å²) in [4.78, 5) is 11.9. The highest BCUT2D eigenvalue weighted by Crippen LogP contribution is 2.23. The molecular weight excluding hydrogens is 224 g/mol. The molecule has 2 heteroatoms. The molecule has 0 radical (unpaired) electrons. The predicted molar refractivity (Wildman–Crippen MR) is 74.9 cm³/mol. The molecular formula is C16H24O2. The predicted octanol–water partition coefficient (Wildman–Crippen LogP) is 4.55. The largest absolute Gasteiger partial charge is 0.456 e. The molecule has 0 atom stereocenters. The van der Waals surface area contributed by atoms with Gasteiger partial charge in [-0.3, -0.25) is 0 Å². The van der Waals surface area contributed by atoms with Crippen molar-refractivity contribution in [3.05, 3.63) is 35.4 Å². The lowest BCUT2D eigenvalue weighted by molar-refractivity contribution is 0.00695. The average Bonchev–Trinajstić information content (AvgIpc) is 2.29. The molecule has 0 amide bonds. The molecule has 0 aliphatic rings. The molecule has 0 heterocycles. The molecule has 0 aromatic heterocycles. The number of carbonyl (C=O) groups is 1. The molecule has 1 aromatic carbocycles. The number of hydrogen-bond acceptors (Lipinski definition) is 2. The van der Waals surface area contributed by atoms with Gasteiger partial charge in [0.25, 0.3) is 0 Å². The number of benzene rings is 1. The first-order valence-electron chi connectivity index (χ1n) is 6.70. The van der Waals surface area contributed by atoms with Crippen LogP contribution in [-0.4, -0.2) is 11.6 Å². The molecule has 18 heavy (non-hydrogen) atoms. The number of esters is 1. The zero-order chi connectivity index (χ0) is 13.8. The summed E-state index contributed by atoms with van der Waals surface area (Å²) >= 11 is 0. The van der Waals surface area contributed by atoms with Gasteiger partial charge in [-0.15, -0.1) is 0 Å². The van der Waals surface area contributed by atoms with Crippen LogP contribution in [0.1, 0.15) is 69.3 Å². The van der Waals surface area contributed by atoms with Crippen molar-refractivity contribution in [2.75, 3.05) is 0 Å². The van der Waals surface area contributed by atoms with Gasteiger partial charge in [-0.1, -0.05) is 26.0 Å². The Morgan fingerprint density at radius 2 is 1.61 bits per heavy atom. The minimum Gasteiger partial charge on any atom is -0.456 e. The van der Waals surface area contributed by atoms with Crippen molar-refractivity contribution in [2.45, 2.75) is 59.0 Å². The van der Waals surface area contributed by atoms with Gasteiger partial charge in [-0.2, -0.15) is 0 Å². The molecule has 1 rings (SSSR count). The third kappa shape index (κ3) is 4.17. The highest BCUT2D eigenvalue weighted by Gasteiger charge is 2.18. The maximum atomic E-state index is 11.9. The summed E-state index contributed by atoms with van der Waals surface area (Å²) in [5, 5.41) is 0. The Morgan fingerprint density at radius 3 is 2.00 bits per heavy atom. The van der Waals surface area contributed by atoms with E-state index in [-0.39, 0.29) is 5.97 Å². The Hall–Kier alpha value is -1.31. The van der Waals surface area contributed by atoms with Crippen molar-refractivity contribution in [3.8, 4) is 0 Å². The number of ether oxygens (including phenoxy) is 1. The third-order valence-electron chi connectivity index (χ3n) is 3.00. The smallest absolute Gasteiger partial charge is 0.338 e. The van der Waals surface area contributed by atoms with Crippen molar-refractivity contribution in [3.63, 3.8) is 0 Å². The summed E-state index contributed by atoms with van der Waals surface area (Å²) in [7, 11) is 0. The van der Waals surface area contributed by atoms with E-state index in [0.717, 1.165) is 12.8 Å². The summed E-state index contributed by atoms with van der Waals surface area (Å²) < 4.78 is 5.34. The molecule has 0 aliphatic heterocycles. The minimum atomic E-state index is -0.439. The molecule has 0 saturated carbocycles. The van der Waals surface area contributed by atoms with Gasteiger partial charge in [0.1, 0.15) is 5.60 Å². The van der Waals surface area contributed by atoms with Gasteiger partial charge >= 0.3 is 5.97 Å². The quantitative estimate of drug-likeness (QED) is 0.731. The van der Waals surface area contributed by atoms with Crippen molar-refractivity contribution in [2.24, 2.45) is 0 Å². The lowest BCUT2D eigenvalue weighted by Gasteiger charge is -2.19. The lowest BCUT2D eigenvalue weighted by Crippen LogP contribution is -2.23. The molecule has 1 aromatic rings. The molecule has 0 spiro atoms. The average molecular weight is 248 g/mol. The van der Waals surface area contributed by atoms with E-state index in [1.165, 1.54) is 5.56 Å². The van der Waals surface area contributed by atoms with Crippen LogP contribution in [0.4, 0.5) is 0 Å². The molecule has 0 fully saturated rings. The van der Waals surface area contributed by atoms with Crippen LogP contribution in [0.2, 0.25) is 0 Å². The maximum absolute atomic E-state index is 11.9. The van der Waals surface area contributed by atoms with Crippen LogP contribution in [0.3, 0.4) is 0 Å². The van der Waals surface area contributed by atoms with E-state index >= 15 is 0 Å². The molecule has 0 saturated heterocycles. The molecule has 100 valence electrons. The van der Waals surface area contributed by atoms with Crippen LogP contribution in [0.25, 0.3) is 0 Å². The van der Waals surface area contributed by atoms with E-state index in [4.69, 9.17) is 4.74 Å². The van der Waals surface area contributed by atoms with E-state index < -0.39 is 5.60 Å². The van der Waals surface area contributed by atoms with E-state index in [9.17, 15) is 4.79 Å². The lowest BCUT2D eigenvalue weighted by atomic mass is 9.93. The highest BCUT2D eigenvalue weighted by molar-refractivity contribution is 5.89. The molecule has 0 unspecified atom stereocenters. The van der Waals surface area contributed by atoms with E-state index in [0.29, 0.717) is 11.5 Å². The van der Waals surface area contributed by atoms with Gasteiger partial charge in [-0.25, -0.2) is 4.79 Å². The first-order chi connectivity index (χ1) is 8.37. The van der Waals surface area contributed by atoms with Crippen LogP contribution in [-0.2, 0) is 4.74 Å². The van der Waals surface area contributed by atoms with Gasteiger partial charge in [-0.05, 0) is 57.2 Å². The topological polar surface area (TPSA) is 26.3 Å². The van der Waals surface area contributed by atoms with Crippen LogP contribution in [0.5, 0.6) is 0 Å². The van der Waals surface area contributed by atoms with Gasteiger partial charge in [0.15, 0.2) is 0 Å².